The number of nitrogens with two attached hydrogens (primary N) is 3. The summed E-state index contributed by atoms with van der Waals surface area (Å²) in [6, 6.07) is 19.1. The first-order valence-corrected chi connectivity index (χ1v) is 8.83. The van der Waals surface area contributed by atoms with Gasteiger partial charge in [-0.25, -0.2) is 0 Å². The van der Waals surface area contributed by atoms with Crippen molar-refractivity contribution in [3.05, 3.63) is 66.2 Å². The Balaban J connectivity index is 0.000000277. The lowest BCUT2D eigenvalue weighted by Crippen LogP contribution is -2.09. The molecule has 5 nitrogen and oxygen atoms in total. The molecule has 0 amide bonds. The second-order valence-electron chi connectivity index (χ2n) is 6.77. The number of nitrogen functional groups attached to an aromatic ring is 3. The number of hydrogen-bond donors (Lipinski definition) is 5. The Morgan fingerprint density at radius 3 is 1.96 bits per heavy atom. The number of rotatable bonds is 3. The third-order valence-corrected chi connectivity index (χ3v) is 3.96. The van der Waals surface area contributed by atoms with E-state index in [0.717, 1.165) is 28.1 Å². The quantitative estimate of drug-likeness (QED) is 0.395. The fraction of sp³-hybridized carbons (Fsp3) is 0.182. The molecule has 0 saturated carbocycles. The van der Waals surface area contributed by atoms with Crippen LogP contribution in [0.3, 0.4) is 0 Å². The van der Waals surface area contributed by atoms with Crippen LogP contribution in [0.25, 0.3) is 11.1 Å². The molecule has 8 N–H and O–H groups in total. The van der Waals surface area contributed by atoms with Crippen LogP contribution in [0.5, 0.6) is 5.75 Å². The van der Waals surface area contributed by atoms with Gasteiger partial charge in [-0.2, -0.15) is 0 Å². The summed E-state index contributed by atoms with van der Waals surface area (Å²) in [7, 11) is 0. The molecule has 150 valence electrons. The summed E-state index contributed by atoms with van der Waals surface area (Å²) in [5.41, 5.74) is 23.1. The molecule has 3 rings (SSSR count). The van der Waals surface area contributed by atoms with Crippen molar-refractivity contribution in [2.45, 2.75) is 26.8 Å². The first kappa shape index (κ1) is 23.0. The molecule has 0 spiro atoms. The first-order chi connectivity index (χ1) is 12.8. The lowest BCUT2D eigenvalue weighted by atomic mass is 10.0. The van der Waals surface area contributed by atoms with Crippen LogP contribution in [0.15, 0.2) is 60.7 Å². The normalized spacial score (nSPS) is 9.86. The molecule has 0 aliphatic rings. The maximum atomic E-state index is 9.37. The van der Waals surface area contributed by atoms with E-state index < -0.39 is 0 Å². The van der Waals surface area contributed by atoms with Crippen molar-refractivity contribution in [2.24, 2.45) is 0 Å². The zero-order chi connectivity index (χ0) is 20.0. The SMILES string of the molecule is Cc1ccc(NC(C)C)cc1O.Cl.Nc1ccc(-c2ccc(N)cc2N)cc1. The molecule has 0 saturated heterocycles. The van der Waals surface area contributed by atoms with E-state index in [1.807, 2.05) is 55.5 Å². The molecule has 3 aromatic rings. The maximum absolute atomic E-state index is 9.37. The number of anilines is 4. The average molecular weight is 401 g/mol. The molecule has 0 aliphatic heterocycles. The minimum Gasteiger partial charge on any atom is -0.508 e. The van der Waals surface area contributed by atoms with Gasteiger partial charge in [0.1, 0.15) is 5.75 Å². The summed E-state index contributed by atoms with van der Waals surface area (Å²) < 4.78 is 0. The predicted octanol–water partition coefficient (Wildman–Crippen LogP) is 5.04. The minimum absolute atomic E-state index is 0. The van der Waals surface area contributed by atoms with E-state index in [4.69, 9.17) is 17.2 Å². The monoisotopic (exact) mass is 400 g/mol. The van der Waals surface area contributed by atoms with Gasteiger partial charge in [0, 0.05) is 40.4 Å². The summed E-state index contributed by atoms with van der Waals surface area (Å²) in [5.74, 6) is 0.348. The Kier molecular flexibility index (Phi) is 8.48. The Labute approximate surface area is 173 Å². The molecule has 0 aromatic heterocycles. The molecule has 3 aromatic carbocycles. The molecular formula is C22H29ClN4O. The van der Waals surface area contributed by atoms with E-state index in [9.17, 15) is 5.11 Å². The van der Waals surface area contributed by atoms with Crippen LogP contribution in [0, 0.1) is 6.92 Å². The van der Waals surface area contributed by atoms with Gasteiger partial charge in [0.25, 0.3) is 0 Å². The smallest absolute Gasteiger partial charge is 0.120 e. The van der Waals surface area contributed by atoms with Crippen LogP contribution in [-0.2, 0) is 0 Å². The van der Waals surface area contributed by atoms with Crippen molar-refractivity contribution < 1.29 is 5.11 Å². The van der Waals surface area contributed by atoms with Crippen molar-refractivity contribution >= 4 is 35.2 Å². The zero-order valence-corrected chi connectivity index (χ0v) is 17.3. The highest BCUT2D eigenvalue weighted by molar-refractivity contribution is 5.85. The molecular weight excluding hydrogens is 372 g/mol. The van der Waals surface area contributed by atoms with E-state index in [1.165, 1.54) is 0 Å². The molecule has 0 fully saturated rings. The Bertz CT molecular complexity index is 896. The van der Waals surface area contributed by atoms with E-state index >= 15 is 0 Å². The molecule has 0 radical (unpaired) electrons. The number of phenolic OH excluding ortho intramolecular Hbond substituents is 1. The number of hydrogen-bond acceptors (Lipinski definition) is 5. The van der Waals surface area contributed by atoms with E-state index in [-0.39, 0.29) is 12.4 Å². The van der Waals surface area contributed by atoms with Gasteiger partial charge in [0.05, 0.1) is 0 Å². The van der Waals surface area contributed by atoms with Crippen molar-refractivity contribution in [3.63, 3.8) is 0 Å². The predicted molar refractivity (Wildman–Crippen MR) is 124 cm³/mol. The van der Waals surface area contributed by atoms with E-state index in [2.05, 4.69) is 19.2 Å². The van der Waals surface area contributed by atoms with Crippen molar-refractivity contribution in [2.75, 3.05) is 22.5 Å². The van der Waals surface area contributed by atoms with Gasteiger partial charge in [-0.05, 0) is 62.2 Å². The lowest BCUT2D eigenvalue weighted by molar-refractivity contribution is 0.471. The van der Waals surface area contributed by atoms with Crippen molar-refractivity contribution in [1.29, 1.82) is 0 Å². The lowest BCUT2D eigenvalue weighted by Gasteiger charge is -2.10. The zero-order valence-electron chi connectivity index (χ0n) is 16.4. The van der Waals surface area contributed by atoms with Crippen LogP contribution >= 0.6 is 12.4 Å². The van der Waals surface area contributed by atoms with Gasteiger partial charge < -0.3 is 27.6 Å². The minimum atomic E-state index is 0. The summed E-state index contributed by atoms with van der Waals surface area (Å²) in [5, 5.41) is 12.6. The molecule has 6 heteroatoms. The van der Waals surface area contributed by atoms with Crippen molar-refractivity contribution in [3.8, 4) is 16.9 Å². The molecule has 0 aliphatic carbocycles. The summed E-state index contributed by atoms with van der Waals surface area (Å²) in [4.78, 5) is 0. The van der Waals surface area contributed by atoms with Gasteiger partial charge in [0.15, 0.2) is 0 Å². The second-order valence-corrected chi connectivity index (χ2v) is 6.77. The Hall–Kier alpha value is -3.05. The van der Waals surface area contributed by atoms with Crippen LogP contribution < -0.4 is 22.5 Å². The number of phenols is 1. The number of benzene rings is 3. The largest absolute Gasteiger partial charge is 0.508 e. The van der Waals surface area contributed by atoms with Crippen LogP contribution in [0.1, 0.15) is 19.4 Å². The van der Waals surface area contributed by atoms with Gasteiger partial charge >= 0.3 is 0 Å². The first-order valence-electron chi connectivity index (χ1n) is 8.83. The Morgan fingerprint density at radius 1 is 0.821 bits per heavy atom. The molecule has 0 unspecified atom stereocenters. The fourth-order valence-electron chi connectivity index (χ4n) is 2.54. The van der Waals surface area contributed by atoms with Crippen LogP contribution in [0.4, 0.5) is 22.7 Å². The fourth-order valence-corrected chi connectivity index (χ4v) is 2.54. The number of aromatic hydroxyl groups is 1. The number of nitrogens with one attached hydrogen (secondary N) is 1. The molecule has 0 heterocycles. The number of aryl methyl sites for hydroxylation is 1. The average Bonchev–Trinajstić information content (AvgIpc) is 2.59. The van der Waals surface area contributed by atoms with E-state index in [1.54, 1.807) is 12.1 Å². The molecule has 0 bridgehead atoms. The van der Waals surface area contributed by atoms with Gasteiger partial charge in [-0.1, -0.05) is 24.3 Å². The molecule has 28 heavy (non-hydrogen) atoms. The highest BCUT2D eigenvalue weighted by atomic mass is 35.5. The third kappa shape index (κ3) is 6.59. The summed E-state index contributed by atoms with van der Waals surface area (Å²) in [6.07, 6.45) is 0. The number of halogens is 1. The summed E-state index contributed by atoms with van der Waals surface area (Å²) in [6.45, 7) is 6.02. The Morgan fingerprint density at radius 2 is 1.43 bits per heavy atom. The van der Waals surface area contributed by atoms with E-state index in [0.29, 0.717) is 23.2 Å². The van der Waals surface area contributed by atoms with Crippen molar-refractivity contribution in [1.82, 2.24) is 0 Å². The second kappa shape index (κ2) is 10.3. The highest BCUT2D eigenvalue weighted by Gasteiger charge is 2.02. The maximum Gasteiger partial charge on any atom is 0.120 e. The molecule has 0 atom stereocenters. The van der Waals surface area contributed by atoms with Crippen LogP contribution in [0.2, 0.25) is 0 Å². The topological polar surface area (TPSA) is 110 Å². The third-order valence-electron chi connectivity index (χ3n) is 3.96. The van der Waals surface area contributed by atoms with Crippen LogP contribution in [-0.4, -0.2) is 11.1 Å². The van der Waals surface area contributed by atoms with Gasteiger partial charge in [-0.3, -0.25) is 0 Å². The highest BCUT2D eigenvalue weighted by Crippen LogP contribution is 2.28. The van der Waals surface area contributed by atoms with Gasteiger partial charge in [0.2, 0.25) is 0 Å². The van der Waals surface area contributed by atoms with Gasteiger partial charge in [-0.15, -0.1) is 12.4 Å². The standard InChI is InChI=1S/C12H13N3.C10H15NO.ClH/c13-9-3-1-8(2-4-9)11-6-5-10(14)7-12(11)15;1-7(2)11-9-5-4-8(3)10(12)6-9;/h1-7H,13-15H2;4-7,11-12H,1-3H3;1H. The summed E-state index contributed by atoms with van der Waals surface area (Å²) >= 11 is 0.